The Morgan fingerprint density at radius 2 is 1.90 bits per heavy atom. The highest BCUT2D eigenvalue weighted by Crippen LogP contribution is 2.42. The summed E-state index contributed by atoms with van der Waals surface area (Å²) >= 11 is 0. The van der Waals surface area contributed by atoms with Gasteiger partial charge in [0.25, 0.3) is 0 Å². The van der Waals surface area contributed by atoms with Crippen molar-refractivity contribution in [3.8, 4) is 0 Å². The number of nitrogens with zero attached hydrogens (tertiary/aromatic N) is 1. The van der Waals surface area contributed by atoms with Crippen LogP contribution in [0.5, 0.6) is 0 Å². The summed E-state index contributed by atoms with van der Waals surface area (Å²) in [4.78, 5) is 24.9. The van der Waals surface area contributed by atoms with Gasteiger partial charge < -0.3 is 14.7 Å². The molecule has 1 amide bonds. The Balaban J connectivity index is 1.88. The first kappa shape index (κ1) is 15.3. The summed E-state index contributed by atoms with van der Waals surface area (Å²) in [5.74, 6) is -0.657. The van der Waals surface area contributed by atoms with Crippen LogP contribution in [0.15, 0.2) is 0 Å². The highest BCUT2D eigenvalue weighted by atomic mass is 16.5. The predicted molar refractivity (Wildman–Crippen MR) is 74.3 cm³/mol. The summed E-state index contributed by atoms with van der Waals surface area (Å²) in [6.07, 6.45) is 4.40. The van der Waals surface area contributed by atoms with Crippen molar-refractivity contribution in [2.24, 2.45) is 11.3 Å². The smallest absolute Gasteiger partial charge is 0.329 e. The molecule has 0 aromatic carbocycles. The van der Waals surface area contributed by atoms with Gasteiger partial charge in [0.05, 0.1) is 13.1 Å². The maximum atomic E-state index is 12.6. The van der Waals surface area contributed by atoms with E-state index in [1.165, 1.54) is 6.42 Å². The summed E-state index contributed by atoms with van der Waals surface area (Å²) in [7, 11) is 0. The Morgan fingerprint density at radius 3 is 2.45 bits per heavy atom. The maximum absolute atomic E-state index is 12.6. The van der Waals surface area contributed by atoms with Gasteiger partial charge in [0, 0.05) is 5.92 Å². The first-order valence-electron chi connectivity index (χ1n) is 7.38. The monoisotopic (exact) mass is 283 g/mol. The van der Waals surface area contributed by atoms with Crippen molar-refractivity contribution in [1.29, 1.82) is 0 Å². The molecular weight excluding hydrogens is 258 g/mol. The van der Waals surface area contributed by atoms with Gasteiger partial charge >= 0.3 is 5.97 Å². The van der Waals surface area contributed by atoms with Crippen LogP contribution in [0.2, 0.25) is 0 Å². The summed E-state index contributed by atoms with van der Waals surface area (Å²) in [6.45, 7) is 6.93. The van der Waals surface area contributed by atoms with Crippen LogP contribution in [0.25, 0.3) is 0 Å². The number of aliphatic carboxylic acids is 1. The van der Waals surface area contributed by atoms with E-state index in [9.17, 15) is 9.59 Å². The van der Waals surface area contributed by atoms with Gasteiger partial charge in [-0.15, -0.1) is 0 Å². The van der Waals surface area contributed by atoms with Gasteiger partial charge in [0.15, 0.2) is 0 Å². The highest BCUT2D eigenvalue weighted by molar-refractivity contribution is 5.81. The van der Waals surface area contributed by atoms with Crippen LogP contribution in [0, 0.1) is 11.3 Å². The second-order valence-electron chi connectivity index (χ2n) is 7.11. The Hall–Kier alpha value is -1.10. The van der Waals surface area contributed by atoms with Crippen LogP contribution < -0.4 is 0 Å². The summed E-state index contributed by atoms with van der Waals surface area (Å²) < 4.78 is 5.35. The maximum Gasteiger partial charge on any atom is 0.329 e. The summed E-state index contributed by atoms with van der Waals surface area (Å²) in [6, 6.07) is 0. The zero-order chi connectivity index (χ0) is 15.0. The van der Waals surface area contributed by atoms with E-state index in [0.29, 0.717) is 13.1 Å². The largest absolute Gasteiger partial charge is 0.480 e. The number of carboxylic acids is 1. The minimum Gasteiger partial charge on any atom is -0.480 e. The Kier molecular flexibility index (Phi) is 4.09. The third kappa shape index (κ3) is 3.14. The quantitative estimate of drug-likeness (QED) is 0.855. The topological polar surface area (TPSA) is 66.8 Å². The van der Waals surface area contributed by atoms with Gasteiger partial charge in [0.2, 0.25) is 5.91 Å². The van der Waals surface area contributed by atoms with Crippen molar-refractivity contribution in [3.05, 3.63) is 0 Å². The minimum absolute atomic E-state index is 0.0727. The number of ether oxygens (including phenoxy) is 1. The lowest BCUT2D eigenvalue weighted by molar-refractivity contribution is -0.178. The van der Waals surface area contributed by atoms with Crippen molar-refractivity contribution < 1.29 is 19.4 Å². The normalized spacial score (nSPS) is 27.8. The molecule has 2 fully saturated rings. The molecule has 5 nitrogen and oxygen atoms in total. The fraction of sp³-hybridized carbons (Fsp3) is 0.867. The Morgan fingerprint density at radius 1 is 1.25 bits per heavy atom. The number of carboxylic acid groups (broad SMARTS) is 1. The molecule has 114 valence electrons. The number of rotatable bonds is 4. The fourth-order valence-corrected chi connectivity index (χ4v) is 3.42. The molecule has 1 aliphatic carbocycles. The molecule has 2 aliphatic rings. The SMILES string of the molecule is CC1(OCC(=O)O)CN(C(=O)C2CCCCC2(C)C)C1. The fourth-order valence-electron chi connectivity index (χ4n) is 3.42. The van der Waals surface area contributed by atoms with E-state index in [4.69, 9.17) is 9.84 Å². The molecule has 1 unspecified atom stereocenters. The lowest BCUT2D eigenvalue weighted by atomic mass is 9.68. The van der Waals surface area contributed by atoms with Gasteiger partial charge in [-0.05, 0) is 25.2 Å². The van der Waals surface area contributed by atoms with Gasteiger partial charge in [-0.1, -0.05) is 26.7 Å². The number of carbonyl (C=O) groups excluding carboxylic acids is 1. The molecule has 0 aromatic heterocycles. The van der Waals surface area contributed by atoms with Crippen LogP contribution in [0.4, 0.5) is 0 Å². The van der Waals surface area contributed by atoms with Crippen molar-refractivity contribution in [3.63, 3.8) is 0 Å². The van der Waals surface area contributed by atoms with E-state index < -0.39 is 11.6 Å². The van der Waals surface area contributed by atoms with Gasteiger partial charge in [-0.3, -0.25) is 4.79 Å². The number of likely N-dealkylation sites (tertiary alicyclic amines) is 1. The average Bonchev–Trinajstić information content (AvgIpc) is 2.31. The standard InChI is InChI=1S/C15H25NO4/c1-14(2)7-5-4-6-11(14)13(19)16-9-15(3,10-16)20-8-12(17)18/h11H,4-10H2,1-3H3,(H,17,18). The molecule has 1 heterocycles. The molecule has 1 N–H and O–H groups in total. The molecule has 0 spiro atoms. The first-order valence-corrected chi connectivity index (χ1v) is 7.38. The lowest BCUT2D eigenvalue weighted by Gasteiger charge is -2.50. The molecule has 2 rings (SSSR count). The predicted octanol–water partition coefficient (Wildman–Crippen LogP) is 1.90. The number of amides is 1. The number of hydrogen-bond donors (Lipinski definition) is 1. The van der Waals surface area contributed by atoms with E-state index in [1.807, 2.05) is 11.8 Å². The molecule has 5 heteroatoms. The Labute approximate surface area is 120 Å². The van der Waals surface area contributed by atoms with Crippen molar-refractivity contribution in [2.45, 2.75) is 52.1 Å². The van der Waals surface area contributed by atoms with E-state index in [-0.39, 0.29) is 23.8 Å². The van der Waals surface area contributed by atoms with Crippen LogP contribution in [0.1, 0.15) is 46.5 Å². The van der Waals surface area contributed by atoms with Gasteiger partial charge in [-0.2, -0.15) is 0 Å². The molecular formula is C15H25NO4. The van der Waals surface area contributed by atoms with E-state index >= 15 is 0 Å². The zero-order valence-corrected chi connectivity index (χ0v) is 12.6. The lowest BCUT2D eigenvalue weighted by Crippen LogP contribution is -2.65. The molecule has 1 aliphatic heterocycles. The van der Waals surface area contributed by atoms with Crippen molar-refractivity contribution >= 4 is 11.9 Å². The van der Waals surface area contributed by atoms with Crippen LogP contribution in [-0.2, 0) is 14.3 Å². The van der Waals surface area contributed by atoms with E-state index in [2.05, 4.69) is 13.8 Å². The van der Waals surface area contributed by atoms with Crippen molar-refractivity contribution in [1.82, 2.24) is 4.90 Å². The highest BCUT2D eigenvalue weighted by Gasteiger charge is 2.47. The third-order valence-electron chi connectivity index (χ3n) is 4.71. The summed E-state index contributed by atoms with van der Waals surface area (Å²) in [5.41, 5.74) is -0.421. The van der Waals surface area contributed by atoms with Crippen LogP contribution in [0.3, 0.4) is 0 Å². The second kappa shape index (κ2) is 5.35. The average molecular weight is 283 g/mol. The second-order valence-corrected chi connectivity index (χ2v) is 7.11. The van der Waals surface area contributed by atoms with Gasteiger partial charge in [0.1, 0.15) is 12.2 Å². The van der Waals surface area contributed by atoms with E-state index in [1.54, 1.807) is 0 Å². The molecule has 1 saturated carbocycles. The number of hydrogen-bond acceptors (Lipinski definition) is 3. The molecule has 0 bridgehead atoms. The third-order valence-corrected chi connectivity index (χ3v) is 4.71. The van der Waals surface area contributed by atoms with Crippen molar-refractivity contribution in [2.75, 3.05) is 19.7 Å². The Bertz CT molecular complexity index is 399. The molecule has 1 saturated heterocycles. The molecule has 0 radical (unpaired) electrons. The zero-order valence-electron chi connectivity index (χ0n) is 12.6. The van der Waals surface area contributed by atoms with Crippen LogP contribution in [-0.4, -0.2) is 47.2 Å². The van der Waals surface area contributed by atoms with E-state index in [0.717, 1.165) is 19.3 Å². The summed E-state index contributed by atoms with van der Waals surface area (Å²) in [5, 5.41) is 8.64. The minimum atomic E-state index is -0.968. The van der Waals surface area contributed by atoms with Crippen LogP contribution >= 0.6 is 0 Å². The molecule has 0 aromatic rings. The number of carbonyl (C=O) groups is 2. The van der Waals surface area contributed by atoms with Gasteiger partial charge in [-0.25, -0.2) is 4.79 Å². The molecule has 1 atom stereocenters. The molecule has 20 heavy (non-hydrogen) atoms. The first-order chi connectivity index (χ1) is 9.23.